The number of rotatable bonds is 7. The van der Waals surface area contributed by atoms with Crippen molar-refractivity contribution in [3.05, 3.63) is 75.2 Å². The first-order chi connectivity index (χ1) is 19.4. The average molecular weight is 560 g/mol. The molecular weight excluding hydrogens is 522 g/mol. The molecule has 1 saturated carbocycles. The lowest BCUT2D eigenvalue weighted by Gasteiger charge is -2.49. The molecule has 7 heteroatoms. The largest absolute Gasteiger partial charge is 0.497 e. The first kappa shape index (κ1) is 26.9. The van der Waals surface area contributed by atoms with E-state index < -0.39 is 0 Å². The number of carbonyl (C=O) groups is 2. The summed E-state index contributed by atoms with van der Waals surface area (Å²) in [4.78, 5) is 27.8. The molecule has 6 rings (SSSR count). The zero-order valence-electron chi connectivity index (χ0n) is 23.7. The van der Waals surface area contributed by atoms with Crippen LogP contribution < -0.4 is 14.8 Å². The number of fused-ring (bicyclic) bond motifs is 7. The van der Waals surface area contributed by atoms with E-state index in [0.29, 0.717) is 34.9 Å². The van der Waals surface area contributed by atoms with Gasteiger partial charge in [-0.15, -0.1) is 11.3 Å². The van der Waals surface area contributed by atoms with Crippen molar-refractivity contribution >= 4 is 28.2 Å². The Labute approximate surface area is 240 Å². The molecule has 1 aromatic heterocycles. The van der Waals surface area contributed by atoms with Crippen LogP contribution in [0.5, 0.6) is 11.5 Å². The molecule has 6 nitrogen and oxygen atoms in total. The highest BCUT2D eigenvalue weighted by Gasteiger charge is 2.55. The van der Waals surface area contributed by atoms with Crippen LogP contribution in [0.2, 0.25) is 0 Å². The Morgan fingerprint density at radius 1 is 1.05 bits per heavy atom. The van der Waals surface area contributed by atoms with E-state index in [0.717, 1.165) is 54.7 Å². The molecule has 0 saturated heterocycles. The summed E-state index contributed by atoms with van der Waals surface area (Å²) in [6, 6.07) is 14.1. The third kappa shape index (κ3) is 4.48. The Kier molecular flexibility index (Phi) is 7.11. The summed E-state index contributed by atoms with van der Waals surface area (Å²) in [5, 5.41) is 3.71. The van der Waals surface area contributed by atoms with Crippen molar-refractivity contribution < 1.29 is 23.8 Å². The molecule has 0 spiro atoms. The van der Waals surface area contributed by atoms with Crippen molar-refractivity contribution in [2.24, 2.45) is 11.8 Å². The van der Waals surface area contributed by atoms with Crippen LogP contribution in [-0.4, -0.2) is 32.7 Å². The van der Waals surface area contributed by atoms with E-state index in [9.17, 15) is 9.59 Å². The zero-order chi connectivity index (χ0) is 28.0. The standard InChI is InChI=1S/C33H37NO5S/c1-5-39-32(36)29-30-27(40-31(29)34-28(35)16-19-6-9-21(37-3)10-7-19)18-26-25-12-8-20-17-22(38-4)11-13-23(20)24(25)14-15-33(26,30)2/h6-7,9-11,13,17,24-26H,5,8,12,14-16,18H2,1-4H3,(H,34,35)/t24-,25+,26-,33-/m1/s1. The third-order valence-electron chi connectivity index (χ3n) is 9.54. The number of anilines is 1. The topological polar surface area (TPSA) is 73.9 Å². The molecule has 40 heavy (non-hydrogen) atoms. The molecule has 1 amide bonds. The Hall–Kier alpha value is -3.32. The fraction of sp³-hybridized carbons (Fsp3) is 0.455. The monoisotopic (exact) mass is 559 g/mol. The minimum Gasteiger partial charge on any atom is -0.497 e. The summed E-state index contributed by atoms with van der Waals surface area (Å²) in [6.45, 7) is 4.48. The van der Waals surface area contributed by atoms with Gasteiger partial charge in [0.2, 0.25) is 5.91 Å². The zero-order valence-corrected chi connectivity index (χ0v) is 24.5. The maximum atomic E-state index is 13.4. The Bertz CT molecular complexity index is 1440. The smallest absolute Gasteiger partial charge is 0.341 e. The molecule has 0 radical (unpaired) electrons. The second-order valence-corrected chi connectivity index (χ2v) is 12.6. The van der Waals surface area contributed by atoms with E-state index >= 15 is 0 Å². The van der Waals surface area contributed by atoms with Crippen molar-refractivity contribution in [3.8, 4) is 11.5 Å². The molecule has 0 unspecified atom stereocenters. The molecule has 0 bridgehead atoms. The van der Waals surface area contributed by atoms with E-state index in [-0.39, 0.29) is 23.7 Å². The fourth-order valence-electron chi connectivity index (χ4n) is 7.70. The number of esters is 1. The molecule has 3 aliphatic rings. The molecule has 2 aromatic carbocycles. The van der Waals surface area contributed by atoms with Crippen LogP contribution in [0.25, 0.3) is 0 Å². The number of benzene rings is 2. The van der Waals surface area contributed by atoms with Gasteiger partial charge in [0.15, 0.2) is 0 Å². The second-order valence-electron chi connectivity index (χ2n) is 11.5. The molecule has 4 atom stereocenters. The summed E-state index contributed by atoms with van der Waals surface area (Å²) in [5.41, 5.74) is 5.38. The van der Waals surface area contributed by atoms with Gasteiger partial charge >= 0.3 is 5.97 Å². The van der Waals surface area contributed by atoms with Gasteiger partial charge in [-0.25, -0.2) is 4.79 Å². The highest BCUT2D eigenvalue weighted by atomic mass is 32.1. The number of ether oxygens (including phenoxy) is 3. The Balaban J connectivity index is 1.29. The van der Waals surface area contributed by atoms with E-state index in [4.69, 9.17) is 14.2 Å². The van der Waals surface area contributed by atoms with Gasteiger partial charge in [-0.3, -0.25) is 4.79 Å². The summed E-state index contributed by atoms with van der Waals surface area (Å²) < 4.78 is 16.3. The predicted octanol–water partition coefficient (Wildman–Crippen LogP) is 6.69. The highest BCUT2D eigenvalue weighted by Crippen LogP contribution is 2.63. The van der Waals surface area contributed by atoms with Gasteiger partial charge in [-0.2, -0.15) is 0 Å². The van der Waals surface area contributed by atoms with Crippen molar-refractivity contribution in [1.29, 1.82) is 0 Å². The normalized spacial score (nSPS) is 24.2. The van der Waals surface area contributed by atoms with Crippen molar-refractivity contribution in [2.45, 2.75) is 63.7 Å². The molecule has 3 aromatic rings. The molecule has 1 fully saturated rings. The van der Waals surface area contributed by atoms with Crippen LogP contribution in [-0.2, 0) is 34.2 Å². The summed E-state index contributed by atoms with van der Waals surface area (Å²) in [7, 11) is 3.35. The van der Waals surface area contributed by atoms with Gasteiger partial charge < -0.3 is 19.5 Å². The molecule has 1 N–H and O–H groups in total. The lowest BCUT2D eigenvalue weighted by atomic mass is 9.54. The number of thiophene rings is 1. The van der Waals surface area contributed by atoms with Gasteiger partial charge in [-0.05, 0) is 109 Å². The lowest BCUT2D eigenvalue weighted by molar-refractivity contribution is -0.115. The van der Waals surface area contributed by atoms with Crippen LogP contribution in [0.3, 0.4) is 0 Å². The third-order valence-corrected chi connectivity index (χ3v) is 10.7. The molecular formula is C33H37NO5S. The van der Waals surface area contributed by atoms with Crippen molar-refractivity contribution in [1.82, 2.24) is 0 Å². The highest BCUT2D eigenvalue weighted by molar-refractivity contribution is 7.17. The summed E-state index contributed by atoms with van der Waals surface area (Å²) in [6.07, 6.45) is 5.49. The number of aryl methyl sites for hydroxylation is 1. The number of nitrogens with one attached hydrogen (secondary N) is 1. The van der Waals surface area contributed by atoms with E-state index in [2.05, 4.69) is 30.4 Å². The van der Waals surface area contributed by atoms with Crippen LogP contribution >= 0.6 is 11.3 Å². The van der Waals surface area contributed by atoms with Crippen LogP contribution in [0.4, 0.5) is 5.00 Å². The van der Waals surface area contributed by atoms with E-state index in [1.165, 1.54) is 16.0 Å². The predicted molar refractivity (Wildman–Crippen MR) is 157 cm³/mol. The minimum absolute atomic E-state index is 0.113. The van der Waals surface area contributed by atoms with Gasteiger partial charge in [0.25, 0.3) is 0 Å². The SMILES string of the molecule is CCOC(=O)c1c(NC(=O)Cc2ccc(OC)cc2)sc2c1[C@]1(C)CC[C@@H]3c4ccc(OC)cc4CC[C@@H]3[C@H]1C2. The Morgan fingerprint density at radius 3 is 2.52 bits per heavy atom. The van der Waals surface area contributed by atoms with E-state index in [1.807, 2.05) is 31.2 Å². The summed E-state index contributed by atoms with van der Waals surface area (Å²) >= 11 is 1.57. The summed E-state index contributed by atoms with van der Waals surface area (Å²) in [5.74, 6) is 2.80. The van der Waals surface area contributed by atoms with Crippen molar-refractivity contribution in [2.75, 3.05) is 26.1 Å². The minimum atomic E-state index is -0.329. The number of amides is 1. The van der Waals surface area contributed by atoms with Crippen LogP contribution in [0.15, 0.2) is 42.5 Å². The van der Waals surface area contributed by atoms with Crippen LogP contribution in [0, 0.1) is 11.8 Å². The van der Waals surface area contributed by atoms with Crippen molar-refractivity contribution in [3.63, 3.8) is 0 Å². The maximum absolute atomic E-state index is 13.4. The number of methoxy groups -OCH3 is 2. The number of carbonyl (C=O) groups excluding carboxylic acids is 2. The quantitative estimate of drug-likeness (QED) is 0.327. The first-order valence-electron chi connectivity index (χ1n) is 14.3. The van der Waals surface area contributed by atoms with Crippen LogP contribution in [0.1, 0.15) is 76.5 Å². The Morgan fingerprint density at radius 2 is 1.80 bits per heavy atom. The maximum Gasteiger partial charge on any atom is 0.341 e. The van der Waals surface area contributed by atoms with Gasteiger partial charge in [-0.1, -0.05) is 25.1 Å². The molecule has 1 heterocycles. The first-order valence-corrected chi connectivity index (χ1v) is 15.1. The lowest BCUT2D eigenvalue weighted by Crippen LogP contribution is -2.43. The number of hydrogen-bond donors (Lipinski definition) is 1. The number of hydrogen-bond acceptors (Lipinski definition) is 6. The molecule has 3 aliphatic carbocycles. The second kappa shape index (κ2) is 10.6. The average Bonchev–Trinajstić information content (AvgIpc) is 3.46. The molecule has 0 aliphatic heterocycles. The fourth-order valence-corrected chi connectivity index (χ4v) is 9.10. The molecule has 210 valence electrons. The van der Waals surface area contributed by atoms with Gasteiger partial charge in [0, 0.05) is 4.88 Å². The van der Waals surface area contributed by atoms with Gasteiger partial charge in [0.1, 0.15) is 16.5 Å². The van der Waals surface area contributed by atoms with E-state index in [1.54, 1.807) is 25.6 Å². The van der Waals surface area contributed by atoms with Gasteiger partial charge in [0.05, 0.1) is 32.8 Å².